The van der Waals surface area contributed by atoms with Gasteiger partial charge >= 0.3 is 0 Å². The maximum absolute atomic E-state index is 13.9. The highest BCUT2D eigenvalue weighted by Crippen LogP contribution is 2.21. The van der Waals surface area contributed by atoms with Crippen LogP contribution in [0.5, 0.6) is 0 Å². The molecular formula is C13H16FN3O2S2. The van der Waals surface area contributed by atoms with Crippen molar-refractivity contribution in [2.75, 3.05) is 12.3 Å². The molecule has 5 nitrogen and oxygen atoms in total. The number of aromatic nitrogens is 1. The van der Waals surface area contributed by atoms with Crippen LogP contribution >= 0.6 is 11.3 Å². The Hall–Kier alpha value is -1.51. The highest BCUT2D eigenvalue weighted by atomic mass is 32.2. The van der Waals surface area contributed by atoms with Crippen LogP contribution in [0.15, 0.2) is 22.4 Å². The molecule has 0 radical (unpaired) electrons. The molecule has 8 heteroatoms. The van der Waals surface area contributed by atoms with Gasteiger partial charge in [0.1, 0.15) is 10.7 Å². The maximum atomic E-state index is 13.9. The van der Waals surface area contributed by atoms with E-state index in [1.807, 2.05) is 12.3 Å². The van der Waals surface area contributed by atoms with Gasteiger partial charge < -0.3 is 5.73 Å². The second kappa shape index (κ2) is 6.08. The van der Waals surface area contributed by atoms with Crippen LogP contribution in [-0.4, -0.2) is 19.9 Å². The molecule has 3 N–H and O–H groups in total. The Morgan fingerprint density at radius 3 is 2.71 bits per heavy atom. The monoisotopic (exact) mass is 329 g/mol. The van der Waals surface area contributed by atoms with E-state index in [9.17, 15) is 12.8 Å². The number of benzene rings is 1. The first kappa shape index (κ1) is 15.9. The number of rotatable bonds is 5. The summed E-state index contributed by atoms with van der Waals surface area (Å²) in [6.45, 7) is 3.50. The molecule has 1 aromatic carbocycles. The summed E-state index contributed by atoms with van der Waals surface area (Å²) < 4.78 is 40.6. The number of nitrogens with one attached hydrogen (secondary N) is 1. The Balaban J connectivity index is 2.12. The Labute approximate surface area is 127 Å². The van der Waals surface area contributed by atoms with Gasteiger partial charge in [0, 0.05) is 24.0 Å². The molecule has 0 spiro atoms. The fourth-order valence-corrected chi connectivity index (χ4v) is 3.74. The fourth-order valence-electron chi connectivity index (χ4n) is 1.87. The van der Waals surface area contributed by atoms with Gasteiger partial charge in [0.05, 0.1) is 10.7 Å². The van der Waals surface area contributed by atoms with Crippen molar-refractivity contribution in [1.29, 1.82) is 0 Å². The molecule has 2 rings (SSSR count). The van der Waals surface area contributed by atoms with Crippen LogP contribution in [0.4, 0.5) is 10.1 Å². The molecule has 0 aliphatic heterocycles. The van der Waals surface area contributed by atoms with E-state index in [2.05, 4.69) is 9.71 Å². The van der Waals surface area contributed by atoms with Crippen LogP contribution in [-0.2, 0) is 16.4 Å². The third-order valence-electron chi connectivity index (χ3n) is 2.87. The first-order chi connectivity index (χ1) is 9.79. The molecule has 0 atom stereocenters. The van der Waals surface area contributed by atoms with Gasteiger partial charge in [0.25, 0.3) is 0 Å². The van der Waals surface area contributed by atoms with E-state index in [1.54, 1.807) is 0 Å². The lowest BCUT2D eigenvalue weighted by molar-refractivity contribution is 0.553. The minimum atomic E-state index is -3.93. The van der Waals surface area contributed by atoms with Crippen molar-refractivity contribution in [3.05, 3.63) is 39.6 Å². The Kier molecular flexibility index (Phi) is 4.60. The largest absolute Gasteiger partial charge is 0.399 e. The molecule has 0 saturated carbocycles. The topological polar surface area (TPSA) is 85.1 Å². The van der Waals surface area contributed by atoms with Gasteiger partial charge in [0.2, 0.25) is 10.0 Å². The van der Waals surface area contributed by atoms with Crippen molar-refractivity contribution in [1.82, 2.24) is 9.71 Å². The van der Waals surface area contributed by atoms with E-state index in [0.717, 1.165) is 16.8 Å². The number of nitrogens with zero attached hydrogens (tertiary/aromatic N) is 1. The zero-order valence-corrected chi connectivity index (χ0v) is 13.3. The zero-order valence-electron chi connectivity index (χ0n) is 11.7. The molecule has 0 fully saturated rings. The maximum Gasteiger partial charge on any atom is 0.243 e. The average molecular weight is 329 g/mol. The summed E-state index contributed by atoms with van der Waals surface area (Å²) in [6.07, 6.45) is 0.451. The lowest BCUT2D eigenvalue weighted by atomic mass is 10.2. The van der Waals surface area contributed by atoms with Crippen LogP contribution in [0.25, 0.3) is 0 Å². The first-order valence-corrected chi connectivity index (χ1v) is 8.62. The van der Waals surface area contributed by atoms with Crippen molar-refractivity contribution < 1.29 is 12.8 Å². The van der Waals surface area contributed by atoms with Crippen molar-refractivity contribution >= 4 is 27.0 Å². The third kappa shape index (κ3) is 3.78. The first-order valence-electron chi connectivity index (χ1n) is 6.26. The number of nitrogen functional groups attached to an aromatic ring is 1. The molecule has 21 heavy (non-hydrogen) atoms. The Morgan fingerprint density at radius 2 is 2.10 bits per heavy atom. The highest BCUT2D eigenvalue weighted by Gasteiger charge is 2.20. The summed E-state index contributed by atoms with van der Waals surface area (Å²) in [4.78, 5) is 3.82. The lowest BCUT2D eigenvalue weighted by Crippen LogP contribution is -2.27. The van der Waals surface area contributed by atoms with E-state index in [1.165, 1.54) is 24.3 Å². The van der Waals surface area contributed by atoms with Gasteiger partial charge in [-0.15, -0.1) is 11.3 Å². The number of sulfonamides is 1. The van der Waals surface area contributed by atoms with Crippen molar-refractivity contribution in [3.63, 3.8) is 0 Å². The van der Waals surface area contributed by atoms with Crippen molar-refractivity contribution in [2.45, 2.75) is 25.2 Å². The van der Waals surface area contributed by atoms with Gasteiger partial charge in [0.15, 0.2) is 0 Å². The number of hydrogen-bond acceptors (Lipinski definition) is 5. The summed E-state index contributed by atoms with van der Waals surface area (Å²) in [7, 11) is -3.93. The molecule has 0 aliphatic rings. The highest BCUT2D eigenvalue weighted by molar-refractivity contribution is 7.89. The molecule has 0 saturated heterocycles. The summed E-state index contributed by atoms with van der Waals surface area (Å²) in [5, 5.41) is 2.79. The molecule has 0 aliphatic carbocycles. The lowest BCUT2D eigenvalue weighted by Gasteiger charge is -2.09. The van der Waals surface area contributed by atoms with Crippen LogP contribution in [0.3, 0.4) is 0 Å². The quantitative estimate of drug-likeness (QED) is 0.822. The number of hydrogen-bond donors (Lipinski definition) is 2. The molecule has 2 aromatic rings. The van der Waals surface area contributed by atoms with E-state index < -0.39 is 20.7 Å². The van der Waals surface area contributed by atoms with Crippen LogP contribution in [0.2, 0.25) is 0 Å². The van der Waals surface area contributed by atoms with Crippen molar-refractivity contribution in [2.24, 2.45) is 0 Å². The number of thiazole rings is 1. The van der Waals surface area contributed by atoms with Gasteiger partial charge in [-0.05, 0) is 31.5 Å². The van der Waals surface area contributed by atoms with Gasteiger partial charge in [-0.1, -0.05) is 0 Å². The van der Waals surface area contributed by atoms with Gasteiger partial charge in [-0.25, -0.2) is 22.5 Å². The number of anilines is 1. The number of aryl methyl sites for hydroxylation is 2. The number of halogens is 1. The summed E-state index contributed by atoms with van der Waals surface area (Å²) in [5.74, 6) is -0.777. The zero-order chi connectivity index (χ0) is 15.6. The molecular weight excluding hydrogens is 313 g/mol. The minimum Gasteiger partial charge on any atom is -0.399 e. The van der Waals surface area contributed by atoms with Crippen LogP contribution < -0.4 is 10.5 Å². The predicted octanol–water partition coefficient (Wildman–Crippen LogP) is 2.00. The molecule has 1 heterocycles. The molecule has 114 valence electrons. The second-order valence-corrected chi connectivity index (χ2v) is 7.45. The van der Waals surface area contributed by atoms with Crippen LogP contribution in [0.1, 0.15) is 16.3 Å². The average Bonchev–Trinajstić information content (AvgIpc) is 2.79. The molecule has 0 amide bonds. The van der Waals surface area contributed by atoms with Gasteiger partial charge in [-0.3, -0.25) is 0 Å². The summed E-state index contributed by atoms with van der Waals surface area (Å²) >= 11 is 1.50. The normalized spacial score (nSPS) is 11.8. The van der Waals surface area contributed by atoms with E-state index in [4.69, 9.17) is 5.73 Å². The van der Waals surface area contributed by atoms with Gasteiger partial charge in [-0.2, -0.15) is 0 Å². The van der Waals surface area contributed by atoms with E-state index in [-0.39, 0.29) is 17.8 Å². The third-order valence-corrected chi connectivity index (χ3v) is 5.16. The summed E-state index contributed by atoms with van der Waals surface area (Å²) in [5.41, 5.74) is 6.80. The van der Waals surface area contributed by atoms with Crippen LogP contribution in [0, 0.1) is 19.7 Å². The smallest absolute Gasteiger partial charge is 0.243 e. The second-order valence-electron chi connectivity index (χ2n) is 4.66. The predicted molar refractivity (Wildman–Crippen MR) is 81.3 cm³/mol. The minimum absolute atomic E-state index is 0.152. The molecule has 1 aromatic heterocycles. The van der Waals surface area contributed by atoms with Crippen molar-refractivity contribution in [3.8, 4) is 0 Å². The number of nitrogens with two attached hydrogens (primary N) is 1. The standard InChI is InChI=1S/C13H16FN3O2S2/c1-8-5-10(15)6-12(13(8)14)21(18,19)16-4-3-11-7-20-9(2)17-11/h5-7,16H,3-4,15H2,1-2H3. The van der Waals surface area contributed by atoms with E-state index >= 15 is 0 Å². The molecule has 0 bridgehead atoms. The summed E-state index contributed by atoms with van der Waals surface area (Å²) in [6, 6.07) is 2.52. The SMILES string of the molecule is Cc1nc(CCNS(=O)(=O)c2cc(N)cc(C)c2F)cs1. The Morgan fingerprint density at radius 1 is 1.38 bits per heavy atom. The van der Waals surface area contributed by atoms with E-state index in [0.29, 0.717) is 6.42 Å². The Bertz CT molecular complexity index is 757. The fraction of sp³-hybridized carbons (Fsp3) is 0.308. The molecule has 0 unspecified atom stereocenters.